The van der Waals surface area contributed by atoms with Gasteiger partial charge in [-0.15, -0.1) is 0 Å². The monoisotopic (exact) mass is 198 g/mol. The molecule has 0 heterocycles. The number of nitrogens with one attached hydrogen (secondary N) is 1. The fourth-order valence-electron chi connectivity index (χ4n) is 1.04. The maximum atomic E-state index is 8.89. The van der Waals surface area contributed by atoms with Crippen LogP contribution in [0.5, 0.6) is 0 Å². The average molecular weight is 198 g/mol. The Bertz CT molecular complexity index is 202. The standard InChI is InChI=1S/C11H22N2O/c1-10(2,3)14-8-6-7-11(4,9-12)13-5/h13H,6-8H2,1-5H3. The molecule has 0 rings (SSSR count). The number of nitriles is 1. The van der Waals surface area contributed by atoms with Gasteiger partial charge in [0.05, 0.1) is 11.7 Å². The van der Waals surface area contributed by atoms with E-state index in [1.54, 1.807) is 0 Å². The molecular weight excluding hydrogens is 176 g/mol. The van der Waals surface area contributed by atoms with Gasteiger partial charge in [-0.2, -0.15) is 5.26 Å². The highest BCUT2D eigenvalue weighted by atomic mass is 16.5. The summed E-state index contributed by atoms with van der Waals surface area (Å²) in [6.07, 6.45) is 1.72. The summed E-state index contributed by atoms with van der Waals surface area (Å²) in [5.74, 6) is 0. The van der Waals surface area contributed by atoms with Gasteiger partial charge in [-0.25, -0.2) is 0 Å². The highest BCUT2D eigenvalue weighted by Gasteiger charge is 2.20. The van der Waals surface area contributed by atoms with Crippen LogP contribution < -0.4 is 5.32 Å². The highest BCUT2D eigenvalue weighted by Crippen LogP contribution is 2.13. The second-order valence-corrected chi connectivity index (χ2v) is 4.76. The summed E-state index contributed by atoms with van der Waals surface area (Å²) in [5.41, 5.74) is -0.496. The van der Waals surface area contributed by atoms with Crippen LogP contribution >= 0.6 is 0 Å². The molecule has 14 heavy (non-hydrogen) atoms. The Morgan fingerprint density at radius 3 is 2.21 bits per heavy atom. The zero-order chi connectivity index (χ0) is 11.2. The molecule has 1 unspecified atom stereocenters. The van der Waals surface area contributed by atoms with Gasteiger partial charge in [0, 0.05) is 6.61 Å². The fourth-order valence-corrected chi connectivity index (χ4v) is 1.04. The number of nitrogens with zero attached hydrogens (tertiary/aromatic N) is 1. The van der Waals surface area contributed by atoms with E-state index in [4.69, 9.17) is 10.00 Å². The van der Waals surface area contributed by atoms with Crippen molar-refractivity contribution in [2.45, 2.75) is 51.7 Å². The lowest BCUT2D eigenvalue weighted by atomic mass is 9.98. The Morgan fingerprint density at radius 1 is 1.29 bits per heavy atom. The Kier molecular flexibility index (Phi) is 5.11. The Hall–Kier alpha value is -0.590. The fraction of sp³-hybridized carbons (Fsp3) is 0.909. The van der Waals surface area contributed by atoms with Crippen molar-refractivity contribution >= 4 is 0 Å². The van der Waals surface area contributed by atoms with Crippen LogP contribution in [-0.2, 0) is 4.74 Å². The van der Waals surface area contributed by atoms with Crippen LogP contribution in [0.1, 0.15) is 40.5 Å². The van der Waals surface area contributed by atoms with Crippen LogP contribution in [0.15, 0.2) is 0 Å². The average Bonchev–Trinajstić information content (AvgIpc) is 2.11. The third-order valence-electron chi connectivity index (χ3n) is 2.15. The van der Waals surface area contributed by atoms with E-state index in [0.717, 1.165) is 12.8 Å². The van der Waals surface area contributed by atoms with E-state index in [1.807, 2.05) is 34.7 Å². The lowest BCUT2D eigenvalue weighted by Crippen LogP contribution is -2.38. The van der Waals surface area contributed by atoms with Crippen LogP contribution in [-0.4, -0.2) is 24.8 Å². The lowest BCUT2D eigenvalue weighted by molar-refractivity contribution is -0.00591. The van der Waals surface area contributed by atoms with E-state index >= 15 is 0 Å². The highest BCUT2D eigenvalue weighted by molar-refractivity contribution is 5.02. The molecule has 1 N–H and O–H groups in total. The molecule has 0 saturated carbocycles. The molecule has 0 fully saturated rings. The van der Waals surface area contributed by atoms with Gasteiger partial charge < -0.3 is 10.1 Å². The maximum absolute atomic E-state index is 8.89. The first-order valence-electron chi connectivity index (χ1n) is 5.07. The second-order valence-electron chi connectivity index (χ2n) is 4.76. The minimum absolute atomic E-state index is 0.0807. The molecule has 3 nitrogen and oxygen atoms in total. The molecule has 0 spiro atoms. The summed E-state index contributed by atoms with van der Waals surface area (Å²) in [4.78, 5) is 0. The van der Waals surface area contributed by atoms with Crippen LogP contribution in [0, 0.1) is 11.3 Å². The maximum Gasteiger partial charge on any atom is 0.103 e. The molecule has 0 bridgehead atoms. The van der Waals surface area contributed by atoms with Gasteiger partial charge >= 0.3 is 0 Å². The largest absolute Gasteiger partial charge is 0.376 e. The van der Waals surface area contributed by atoms with Gasteiger partial charge in [-0.1, -0.05) is 0 Å². The molecule has 0 aliphatic carbocycles. The van der Waals surface area contributed by atoms with Crippen LogP contribution in [0.3, 0.4) is 0 Å². The molecule has 0 aromatic heterocycles. The third-order valence-corrected chi connectivity index (χ3v) is 2.15. The van der Waals surface area contributed by atoms with E-state index < -0.39 is 5.54 Å². The first kappa shape index (κ1) is 13.4. The van der Waals surface area contributed by atoms with E-state index in [-0.39, 0.29) is 5.60 Å². The van der Waals surface area contributed by atoms with Crippen molar-refractivity contribution in [3.63, 3.8) is 0 Å². The van der Waals surface area contributed by atoms with Crippen molar-refractivity contribution in [1.29, 1.82) is 5.26 Å². The van der Waals surface area contributed by atoms with Crippen LogP contribution in [0.4, 0.5) is 0 Å². The van der Waals surface area contributed by atoms with Crippen molar-refractivity contribution in [2.24, 2.45) is 0 Å². The number of hydrogen-bond donors (Lipinski definition) is 1. The normalized spacial score (nSPS) is 16.0. The van der Waals surface area contributed by atoms with Crippen molar-refractivity contribution < 1.29 is 4.74 Å². The number of ether oxygens (including phenoxy) is 1. The van der Waals surface area contributed by atoms with Gasteiger partial charge in [0.1, 0.15) is 5.54 Å². The predicted molar refractivity (Wildman–Crippen MR) is 58.0 cm³/mol. The first-order valence-corrected chi connectivity index (χ1v) is 5.07. The Labute approximate surface area is 87.4 Å². The molecule has 3 heteroatoms. The quantitative estimate of drug-likeness (QED) is 0.688. The Morgan fingerprint density at radius 2 is 1.86 bits per heavy atom. The van der Waals surface area contributed by atoms with Crippen LogP contribution in [0.2, 0.25) is 0 Å². The molecule has 82 valence electrons. The van der Waals surface area contributed by atoms with Crippen molar-refractivity contribution in [1.82, 2.24) is 5.32 Å². The molecular formula is C11H22N2O. The topological polar surface area (TPSA) is 45.0 Å². The molecule has 0 aliphatic rings. The van der Waals surface area contributed by atoms with E-state index in [1.165, 1.54) is 0 Å². The van der Waals surface area contributed by atoms with E-state index in [9.17, 15) is 0 Å². The predicted octanol–water partition coefficient (Wildman–Crippen LogP) is 2.08. The molecule has 1 atom stereocenters. The van der Waals surface area contributed by atoms with E-state index in [2.05, 4.69) is 11.4 Å². The minimum atomic E-state index is -0.415. The smallest absolute Gasteiger partial charge is 0.103 e. The molecule has 0 saturated heterocycles. The second kappa shape index (κ2) is 5.33. The molecule has 0 aliphatic heterocycles. The minimum Gasteiger partial charge on any atom is -0.376 e. The van der Waals surface area contributed by atoms with Gasteiger partial charge in [-0.05, 0) is 47.6 Å². The van der Waals surface area contributed by atoms with Gasteiger partial charge in [-0.3, -0.25) is 0 Å². The number of hydrogen-bond acceptors (Lipinski definition) is 3. The molecule has 0 amide bonds. The molecule has 0 aromatic carbocycles. The summed E-state index contributed by atoms with van der Waals surface area (Å²) in [6.45, 7) is 8.73. The van der Waals surface area contributed by atoms with Gasteiger partial charge in [0.15, 0.2) is 0 Å². The zero-order valence-corrected chi connectivity index (χ0v) is 9.98. The molecule has 0 radical (unpaired) electrons. The van der Waals surface area contributed by atoms with Crippen molar-refractivity contribution in [3.8, 4) is 6.07 Å². The SMILES string of the molecule is CNC(C)(C#N)CCCOC(C)(C)C. The van der Waals surface area contributed by atoms with Gasteiger partial charge in [0.25, 0.3) is 0 Å². The summed E-state index contributed by atoms with van der Waals surface area (Å²) in [6, 6.07) is 2.26. The summed E-state index contributed by atoms with van der Waals surface area (Å²) in [5, 5.41) is 11.9. The lowest BCUT2D eigenvalue weighted by Gasteiger charge is -2.23. The molecule has 0 aromatic rings. The zero-order valence-electron chi connectivity index (χ0n) is 9.98. The summed E-state index contributed by atoms with van der Waals surface area (Å²) >= 11 is 0. The van der Waals surface area contributed by atoms with Gasteiger partial charge in [0.2, 0.25) is 0 Å². The summed E-state index contributed by atoms with van der Waals surface area (Å²) in [7, 11) is 1.81. The van der Waals surface area contributed by atoms with E-state index in [0.29, 0.717) is 6.61 Å². The number of rotatable bonds is 5. The first-order chi connectivity index (χ1) is 6.33. The van der Waals surface area contributed by atoms with Crippen molar-refractivity contribution in [3.05, 3.63) is 0 Å². The summed E-state index contributed by atoms with van der Waals surface area (Å²) < 4.78 is 5.58. The third kappa shape index (κ3) is 5.95. The van der Waals surface area contributed by atoms with Crippen LogP contribution in [0.25, 0.3) is 0 Å². The Balaban J connectivity index is 3.70. The van der Waals surface area contributed by atoms with Crippen molar-refractivity contribution in [2.75, 3.05) is 13.7 Å².